The standard InChI is InChI=1S/C20H20BrN3O2/c21-17-5-3-15-11-18(6-4-14(15)10-17)26-13-19(25)24-9-1-2-16(12-24)20-22-7-8-23-20/h3-8,10-11,16H,1-2,9,12-13H2,(H,22,23). The van der Waals surface area contributed by atoms with Gasteiger partial charge in [-0.3, -0.25) is 4.79 Å². The molecule has 3 aromatic rings. The number of imidazole rings is 1. The number of aromatic nitrogens is 2. The maximum Gasteiger partial charge on any atom is 0.260 e. The summed E-state index contributed by atoms with van der Waals surface area (Å²) >= 11 is 3.48. The van der Waals surface area contributed by atoms with E-state index in [0.29, 0.717) is 12.3 Å². The summed E-state index contributed by atoms with van der Waals surface area (Å²) in [5.41, 5.74) is 0. The van der Waals surface area contributed by atoms with Gasteiger partial charge in [0.05, 0.1) is 0 Å². The molecule has 1 unspecified atom stereocenters. The highest BCUT2D eigenvalue weighted by atomic mass is 79.9. The van der Waals surface area contributed by atoms with Gasteiger partial charge in [0.1, 0.15) is 11.6 Å². The molecular weight excluding hydrogens is 394 g/mol. The van der Waals surface area contributed by atoms with Gasteiger partial charge in [0.2, 0.25) is 0 Å². The molecule has 1 aliphatic heterocycles. The highest BCUT2D eigenvalue weighted by molar-refractivity contribution is 9.10. The van der Waals surface area contributed by atoms with Crippen molar-refractivity contribution in [3.63, 3.8) is 0 Å². The lowest BCUT2D eigenvalue weighted by Crippen LogP contribution is -2.41. The molecule has 26 heavy (non-hydrogen) atoms. The third-order valence-corrected chi connectivity index (χ3v) is 5.31. The number of piperidine rings is 1. The largest absolute Gasteiger partial charge is 0.484 e. The number of H-pyrrole nitrogens is 1. The average molecular weight is 414 g/mol. The predicted molar refractivity (Wildman–Crippen MR) is 104 cm³/mol. The van der Waals surface area contributed by atoms with Crippen molar-refractivity contribution in [2.75, 3.05) is 19.7 Å². The summed E-state index contributed by atoms with van der Waals surface area (Å²) in [4.78, 5) is 21.9. The van der Waals surface area contributed by atoms with Gasteiger partial charge in [-0.1, -0.05) is 28.1 Å². The van der Waals surface area contributed by atoms with Crippen LogP contribution < -0.4 is 4.74 Å². The highest BCUT2D eigenvalue weighted by Crippen LogP contribution is 2.26. The van der Waals surface area contributed by atoms with Crippen molar-refractivity contribution in [2.24, 2.45) is 0 Å². The van der Waals surface area contributed by atoms with Crippen LogP contribution in [0.5, 0.6) is 5.75 Å². The molecule has 0 aliphatic carbocycles. The first-order valence-electron chi connectivity index (χ1n) is 8.78. The first-order chi connectivity index (χ1) is 12.7. The van der Waals surface area contributed by atoms with E-state index >= 15 is 0 Å². The van der Waals surface area contributed by atoms with Crippen molar-refractivity contribution < 1.29 is 9.53 Å². The van der Waals surface area contributed by atoms with Crippen molar-refractivity contribution in [1.29, 1.82) is 0 Å². The Labute approximate surface area is 160 Å². The Hall–Kier alpha value is -2.34. The minimum Gasteiger partial charge on any atom is -0.484 e. The number of carbonyl (C=O) groups excluding carboxylic acids is 1. The Balaban J connectivity index is 1.38. The Kier molecular flexibility index (Phi) is 4.93. The van der Waals surface area contributed by atoms with Gasteiger partial charge in [-0.25, -0.2) is 4.98 Å². The van der Waals surface area contributed by atoms with Gasteiger partial charge >= 0.3 is 0 Å². The van der Waals surface area contributed by atoms with Crippen molar-refractivity contribution in [3.05, 3.63) is 59.1 Å². The lowest BCUT2D eigenvalue weighted by atomic mass is 9.97. The summed E-state index contributed by atoms with van der Waals surface area (Å²) in [6.45, 7) is 1.54. The summed E-state index contributed by atoms with van der Waals surface area (Å²) in [7, 11) is 0. The van der Waals surface area contributed by atoms with E-state index < -0.39 is 0 Å². The molecule has 1 amide bonds. The van der Waals surface area contributed by atoms with Crippen molar-refractivity contribution in [1.82, 2.24) is 14.9 Å². The molecule has 1 fully saturated rings. The van der Waals surface area contributed by atoms with E-state index in [1.807, 2.05) is 41.4 Å². The van der Waals surface area contributed by atoms with Crippen LogP contribution in [0.25, 0.3) is 10.8 Å². The highest BCUT2D eigenvalue weighted by Gasteiger charge is 2.26. The first-order valence-corrected chi connectivity index (χ1v) is 9.57. The molecule has 2 aromatic carbocycles. The van der Waals surface area contributed by atoms with E-state index in [1.165, 1.54) is 0 Å². The number of aromatic amines is 1. The maximum atomic E-state index is 12.6. The van der Waals surface area contributed by atoms with E-state index in [-0.39, 0.29) is 18.4 Å². The molecule has 0 spiro atoms. The number of rotatable bonds is 4. The van der Waals surface area contributed by atoms with Gasteiger partial charge in [-0.15, -0.1) is 0 Å². The molecule has 1 atom stereocenters. The van der Waals surface area contributed by atoms with Gasteiger partial charge in [0, 0.05) is 35.9 Å². The van der Waals surface area contributed by atoms with E-state index in [4.69, 9.17) is 4.74 Å². The smallest absolute Gasteiger partial charge is 0.260 e. The number of hydrogen-bond acceptors (Lipinski definition) is 3. The zero-order chi connectivity index (χ0) is 17.9. The number of benzene rings is 2. The number of carbonyl (C=O) groups is 1. The Morgan fingerprint density at radius 1 is 1.27 bits per heavy atom. The second-order valence-electron chi connectivity index (χ2n) is 6.60. The fourth-order valence-corrected chi connectivity index (χ4v) is 3.83. The van der Waals surface area contributed by atoms with Crippen LogP contribution >= 0.6 is 15.9 Å². The van der Waals surface area contributed by atoms with Crippen molar-refractivity contribution in [2.45, 2.75) is 18.8 Å². The molecular formula is C20H20BrN3O2. The SMILES string of the molecule is O=C(COc1ccc2cc(Br)ccc2c1)N1CCCC(c2ncc[nH]2)C1. The van der Waals surface area contributed by atoms with E-state index in [9.17, 15) is 4.79 Å². The maximum absolute atomic E-state index is 12.6. The molecule has 0 radical (unpaired) electrons. The zero-order valence-electron chi connectivity index (χ0n) is 14.3. The number of ether oxygens (including phenoxy) is 1. The van der Waals surface area contributed by atoms with Crippen LogP contribution in [0, 0.1) is 0 Å². The van der Waals surface area contributed by atoms with Gasteiger partial charge in [-0.05, 0) is 47.9 Å². The van der Waals surface area contributed by atoms with Crippen LogP contribution in [0.2, 0.25) is 0 Å². The van der Waals surface area contributed by atoms with E-state index in [1.54, 1.807) is 6.20 Å². The third kappa shape index (κ3) is 3.75. The van der Waals surface area contributed by atoms with Crippen LogP contribution in [0.1, 0.15) is 24.6 Å². The predicted octanol–water partition coefficient (Wildman–Crippen LogP) is 4.11. The van der Waals surface area contributed by atoms with Crippen LogP contribution in [0.4, 0.5) is 0 Å². The fraction of sp³-hybridized carbons (Fsp3) is 0.300. The van der Waals surface area contributed by atoms with E-state index in [0.717, 1.165) is 40.5 Å². The number of likely N-dealkylation sites (tertiary alicyclic amines) is 1. The number of hydrogen-bond donors (Lipinski definition) is 1. The molecule has 0 bridgehead atoms. The minimum atomic E-state index is 0.0251. The molecule has 1 saturated heterocycles. The van der Waals surface area contributed by atoms with E-state index in [2.05, 4.69) is 32.0 Å². The molecule has 134 valence electrons. The average Bonchev–Trinajstić information content (AvgIpc) is 3.21. The van der Waals surface area contributed by atoms with Crippen molar-refractivity contribution in [3.8, 4) is 5.75 Å². The van der Waals surface area contributed by atoms with Crippen LogP contribution in [0.3, 0.4) is 0 Å². The van der Waals surface area contributed by atoms with Crippen LogP contribution in [-0.2, 0) is 4.79 Å². The number of halogens is 1. The Bertz CT molecular complexity index is 911. The normalized spacial score (nSPS) is 17.4. The van der Waals surface area contributed by atoms with Crippen molar-refractivity contribution >= 4 is 32.6 Å². The molecule has 1 N–H and O–H groups in total. The van der Waals surface area contributed by atoms with Gasteiger partial charge < -0.3 is 14.6 Å². The Morgan fingerprint density at radius 2 is 2.12 bits per heavy atom. The number of fused-ring (bicyclic) bond motifs is 1. The van der Waals surface area contributed by atoms with Crippen LogP contribution in [-0.4, -0.2) is 40.5 Å². The second kappa shape index (κ2) is 7.50. The Morgan fingerprint density at radius 3 is 2.96 bits per heavy atom. The summed E-state index contributed by atoms with van der Waals surface area (Å²) in [6.07, 6.45) is 5.63. The summed E-state index contributed by atoms with van der Waals surface area (Å²) in [5.74, 6) is 1.98. The number of nitrogens with zero attached hydrogens (tertiary/aromatic N) is 2. The molecule has 1 aromatic heterocycles. The first kappa shape index (κ1) is 17.1. The lowest BCUT2D eigenvalue weighted by molar-refractivity contribution is -0.134. The van der Waals surface area contributed by atoms with Gasteiger partial charge in [0.25, 0.3) is 5.91 Å². The second-order valence-corrected chi connectivity index (χ2v) is 7.51. The molecule has 4 rings (SSSR count). The molecule has 0 saturated carbocycles. The summed E-state index contributed by atoms with van der Waals surface area (Å²) in [5, 5.41) is 2.23. The summed E-state index contributed by atoms with van der Waals surface area (Å²) in [6, 6.07) is 12.0. The number of nitrogens with one attached hydrogen (secondary N) is 1. The van der Waals surface area contributed by atoms with Gasteiger partial charge in [0.15, 0.2) is 6.61 Å². The third-order valence-electron chi connectivity index (χ3n) is 4.82. The molecule has 6 heteroatoms. The summed E-state index contributed by atoms with van der Waals surface area (Å²) < 4.78 is 6.81. The lowest BCUT2D eigenvalue weighted by Gasteiger charge is -2.31. The topological polar surface area (TPSA) is 58.2 Å². The molecule has 2 heterocycles. The molecule has 1 aliphatic rings. The quantitative estimate of drug-likeness (QED) is 0.699. The fourth-order valence-electron chi connectivity index (χ4n) is 3.45. The van der Waals surface area contributed by atoms with Crippen LogP contribution in [0.15, 0.2) is 53.3 Å². The molecule has 5 nitrogen and oxygen atoms in total. The zero-order valence-corrected chi connectivity index (χ0v) is 15.9. The van der Waals surface area contributed by atoms with Gasteiger partial charge in [-0.2, -0.15) is 0 Å². The minimum absolute atomic E-state index is 0.0251. The number of amides is 1. The monoisotopic (exact) mass is 413 g/mol.